The summed E-state index contributed by atoms with van der Waals surface area (Å²) in [7, 11) is 1.54. The standard InChI is InChI=1S/C10H11NO2S/c1-13-5-4-9(12)8(7-11)10-3-2-6-14-10/h2-3,6,8H,4-5H2,1H3. The lowest BCUT2D eigenvalue weighted by Crippen LogP contribution is -2.11. The van der Waals surface area contributed by atoms with Crippen molar-refractivity contribution in [2.45, 2.75) is 12.3 Å². The van der Waals surface area contributed by atoms with Gasteiger partial charge in [-0.2, -0.15) is 5.26 Å². The molecule has 0 amide bonds. The van der Waals surface area contributed by atoms with Gasteiger partial charge in [0.1, 0.15) is 5.92 Å². The summed E-state index contributed by atoms with van der Waals surface area (Å²) in [4.78, 5) is 12.3. The summed E-state index contributed by atoms with van der Waals surface area (Å²) < 4.78 is 4.80. The molecule has 0 saturated carbocycles. The van der Waals surface area contributed by atoms with Crippen LogP contribution < -0.4 is 0 Å². The third-order valence-corrected chi connectivity index (χ3v) is 2.77. The highest BCUT2D eigenvalue weighted by molar-refractivity contribution is 7.10. The number of nitriles is 1. The van der Waals surface area contributed by atoms with Crippen molar-refractivity contribution in [3.05, 3.63) is 22.4 Å². The predicted molar refractivity (Wildman–Crippen MR) is 54.2 cm³/mol. The van der Waals surface area contributed by atoms with Crippen LogP contribution in [0, 0.1) is 11.3 Å². The van der Waals surface area contributed by atoms with Gasteiger partial charge in [0.15, 0.2) is 5.78 Å². The van der Waals surface area contributed by atoms with E-state index in [-0.39, 0.29) is 5.78 Å². The van der Waals surface area contributed by atoms with Gasteiger partial charge in [-0.15, -0.1) is 11.3 Å². The summed E-state index contributed by atoms with van der Waals surface area (Å²) in [6.45, 7) is 0.377. The molecule has 0 aliphatic rings. The molecule has 1 rings (SSSR count). The molecule has 1 aromatic heterocycles. The highest BCUT2D eigenvalue weighted by Crippen LogP contribution is 2.22. The van der Waals surface area contributed by atoms with Gasteiger partial charge >= 0.3 is 0 Å². The summed E-state index contributed by atoms with van der Waals surface area (Å²) in [5.74, 6) is -0.693. The maximum absolute atomic E-state index is 11.5. The normalized spacial score (nSPS) is 12.0. The quantitative estimate of drug-likeness (QED) is 0.744. The van der Waals surface area contributed by atoms with Crippen molar-refractivity contribution in [1.82, 2.24) is 0 Å². The topological polar surface area (TPSA) is 50.1 Å². The molecule has 1 heterocycles. The molecule has 0 aliphatic heterocycles. The summed E-state index contributed by atoms with van der Waals surface area (Å²) in [5, 5.41) is 10.7. The van der Waals surface area contributed by atoms with E-state index in [4.69, 9.17) is 10.00 Å². The second-order valence-corrected chi connectivity index (χ2v) is 3.77. The number of hydrogen-bond donors (Lipinski definition) is 0. The predicted octanol–water partition coefficient (Wildman–Crippen LogP) is 1.96. The first-order valence-corrected chi connectivity index (χ1v) is 5.12. The number of carbonyl (C=O) groups excluding carboxylic acids is 1. The molecule has 1 aromatic rings. The van der Waals surface area contributed by atoms with Gasteiger partial charge in [0, 0.05) is 18.4 Å². The van der Waals surface area contributed by atoms with Crippen LogP contribution in [-0.2, 0) is 9.53 Å². The van der Waals surface area contributed by atoms with E-state index in [0.717, 1.165) is 4.88 Å². The minimum absolute atomic E-state index is 0.0724. The average Bonchev–Trinajstić information content (AvgIpc) is 2.69. The number of rotatable bonds is 5. The number of ether oxygens (including phenoxy) is 1. The van der Waals surface area contributed by atoms with Gasteiger partial charge in [-0.3, -0.25) is 4.79 Å². The molecular weight excluding hydrogens is 198 g/mol. The van der Waals surface area contributed by atoms with Crippen LogP contribution in [0.25, 0.3) is 0 Å². The lowest BCUT2D eigenvalue weighted by molar-refractivity contribution is -0.120. The molecule has 3 nitrogen and oxygen atoms in total. The molecule has 4 heteroatoms. The Kier molecular flexibility index (Phi) is 4.30. The maximum Gasteiger partial charge on any atom is 0.157 e. The van der Waals surface area contributed by atoms with Crippen LogP contribution >= 0.6 is 11.3 Å². The van der Waals surface area contributed by atoms with Gasteiger partial charge in [0.25, 0.3) is 0 Å². The van der Waals surface area contributed by atoms with Gasteiger partial charge < -0.3 is 4.74 Å². The van der Waals surface area contributed by atoms with E-state index in [2.05, 4.69) is 0 Å². The molecule has 1 unspecified atom stereocenters. The number of ketones is 1. The Bertz CT molecular complexity index is 326. The fourth-order valence-corrected chi connectivity index (χ4v) is 1.89. The fraction of sp³-hybridized carbons (Fsp3) is 0.400. The highest BCUT2D eigenvalue weighted by Gasteiger charge is 2.20. The van der Waals surface area contributed by atoms with E-state index in [1.807, 2.05) is 23.6 Å². The van der Waals surface area contributed by atoms with Crippen molar-refractivity contribution in [3.8, 4) is 6.07 Å². The number of methoxy groups -OCH3 is 1. The van der Waals surface area contributed by atoms with Crippen molar-refractivity contribution in [2.75, 3.05) is 13.7 Å². The number of carbonyl (C=O) groups is 1. The monoisotopic (exact) mass is 209 g/mol. The van der Waals surface area contributed by atoms with Crippen LogP contribution in [0.2, 0.25) is 0 Å². The number of thiophene rings is 1. The van der Waals surface area contributed by atoms with Crippen molar-refractivity contribution >= 4 is 17.1 Å². The van der Waals surface area contributed by atoms with Crippen molar-refractivity contribution in [2.24, 2.45) is 0 Å². The minimum Gasteiger partial charge on any atom is -0.384 e. The SMILES string of the molecule is COCCC(=O)C(C#N)c1cccs1. The van der Waals surface area contributed by atoms with Crippen LogP contribution in [0.3, 0.4) is 0 Å². The van der Waals surface area contributed by atoms with E-state index in [1.165, 1.54) is 11.3 Å². The molecule has 0 spiro atoms. The molecule has 0 fully saturated rings. The van der Waals surface area contributed by atoms with Crippen LogP contribution in [0.15, 0.2) is 17.5 Å². The molecule has 1 atom stereocenters. The molecular formula is C10H11NO2S. The zero-order valence-corrected chi connectivity index (χ0v) is 8.71. The molecule has 74 valence electrons. The third-order valence-electron chi connectivity index (χ3n) is 1.83. The maximum atomic E-state index is 11.5. The third kappa shape index (κ3) is 2.66. The number of nitrogens with zero attached hydrogens (tertiary/aromatic N) is 1. The van der Waals surface area contributed by atoms with E-state index < -0.39 is 5.92 Å². The van der Waals surface area contributed by atoms with E-state index >= 15 is 0 Å². The minimum atomic E-state index is -0.620. The van der Waals surface area contributed by atoms with E-state index in [0.29, 0.717) is 13.0 Å². The summed E-state index contributed by atoms with van der Waals surface area (Å²) in [5.41, 5.74) is 0. The Balaban J connectivity index is 2.64. The second-order valence-electron chi connectivity index (χ2n) is 2.79. The fourth-order valence-electron chi connectivity index (χ4n) is 1.10. The smallest absolute Gasteiger partial charge is 0.157 e. The van der Waals surface area contributed by atoms with Crippen molar-refractivity contribution in [3.63, 3.8) is 0 Å². The molecule has 0 bridgehead atoms. The Morgan fingerprint density at radius 3 is 3.07 bits per heavy atom. The van der Waals surface area contributed by atoms with E-state index in [1.54, 1.807) is 7.11 Å². The van der Waals surface area contributed by atoms with Gasteiger partial charge in [-0.25, -0.2) is 0 Å². The Hall–Kier alpha value is -1.18. The molecule has 0 radical (unpaired) electrons. The van der Waals surface area contributed by atoms with Crippen molar-refractivity contribution < 1.29 is 9.53 Å². The van der Waals surface area contributed by atoms with Gasteiger partial charge in [-0.1, -0.05) is 6.07 Å². The zero-order chi connectivity index (χ0) is 10.4. The molecule has 0 aliphatic carbocycles. The largest absolute Gasteiger partial charge is 0.384 e. The molecule has 0 aromatic carbocycles. The second kappa shape index (κ2) is 5.53. The van der Waals surface area contributed by atoms with Gasteiger partial charge in [0.05, 0.1) is 12.7 Å². The van der Waals surface area contributed by atoms with Crippen LogP contribution in [0.1, 0.15) is 17.2 Å². The zero-order valence-electron chi connectivity index (χ0n) is 7.90. The Labute approximate surface area is 86.9 Å². The molecule has 14 heavy (non-hydrogen) atoms. The van der Waals surface area contributed by atoms with Crippen LogP contribution in [-0.4, -0.2) is 19.5 Å². The summed E-state index contributed by atoms with van der Waals surface area (Å²) in [6, 6.07) is 5.67. The summed E-state index contributed by atoms with van der Waals surface area (Å²) in [6.07, 6.45) is 0.298. The summed E-state index contributed by atoms with van der Waals surface area (Å²) >= 11 is 1.43. The first kappa shape index (κ1) is 10.9. The lowest BCUT2D eigenvalue weighted by atomic mass is 10.0. The van der Waals surface area contributed by atoms with Crippen LogP contribution in [0.5, 0.6) is 0 Å². The molecule has 0 saturated heterocycles. The average molecular weight is 209 g/mol. The van der Waals surface area contributed by atoms with Crippen molar-refractivity contribution in [1.29, 1.82) is 5.26 Å². The molecule has 0 N–H and O–H groups in total. The lowest BCUT2D eigenvalue weighted by Gasteiger charge is -2.04. The Morgan fingerprint density at radius 1 is 1.79 bits per heavy atom. The first-order chi connectivity index (χ1) is 6.79. The number of Topliss-reactive ketones (excluding diaryl/α,β-unsaturated/α-hetero) is 1. The van der Waals surface area contributed by atoms with Crippen LogP contribution in [0.4, 0.5) is 0 Å². The number of hydrogen-bond acceptors (Lipinski definition) is 4. The van der Waals surface area contributed by atoms with Gasteiger partial charge in [0.2, 0.25) is 0 Å². The highest BCUT2D eigenvalue weighted by atomic mass is 32.1. The van der Waals surface area contributed by atoms with Gasteiger partial charge in [-0.05, 0) is 11.4 Å². The first-order valence-electron chi connectivity index (χ1n) is 4.24. The van der Waals surface area contributed by atoms with E-state index in [9.17, 15) is 4.79 Å². The Morgan fingerprint density at radius 2 is 2.57 bits per heavy atom.